The van der Waals surface area contributed by atoms with E-state index in [2.05, 4.69) is 27.2 Å². The second-order valence-corrected chi connectivity index (χ2v) is 3.76. The van der Waals surface area contributed by atoms with Crippen LogP contribution < -0.4 is 10.1 Å². The average molecular weight is 244 g/mol. The van der Waals surface area contributed by atoms with E-state index >= 15 is 0 Å². The molecule has 0 spiro atoms. The fourth-order valence-corrected chi connectivity index (χ4v) is 1.57. The lowest BCUT2D eigenvalue weighted by molar-refractivity contribution is 0.398. The summed E-state index contributed by atoms with van der Waals surface area (Å²) in [6.45, 7) is 2.07. The van der Waals surface area contributed by atoms with Crippen LogP contribution in [0.2, 0.25) is 0 Å². The predicted molar refractivity (Wildman–Crippen MR) is 70.7 cm³/mol. The van der Waals surface area contributed by atoms with Crippen LogP contribution in [0.3, 0.4) is 0 Å². The number of hydrogen-bond acceptors (Lipinski definition) is 5. The highest BCUT2D eigenvalue weighted by Crippen LogP contribution is 2.19. The molecule has 0 aliphatic carbocycles. The molecule has 0 aliphatic rings. The monoisotopic (exact) mass is 244 g/mol. The summed E-state index contributed by atoms with van der Waals surface area (Å²) in [5.41, 5.74) is 1.88. The normalized spacial score (nSPS) is 10.2. The number of aromatic nitrogens is 3. The third kappa shape index (κ3) is 2.56. The zero-order chi connectivity index (χ0) is 13.0. The Morgan fingerprint density at radius 1 is 1.28 bits per heavy atom. The molecule has 2 aromatic rings. The van der Waals surface area contributed by atoms with E-state index in [-0.39, 0.29) is 0 Å². The van der Waals surface area contributed by atoms with E-state index in [9.17, 15) is 0 Å². The largest absolute Gasteiger partial charge is 0.481 e. The highest BCUT2D eigenvalue weighted by Gasteiger charge is 2.06. The number of nitrogens with one attached hydrogen (secondary N) is 1. The molecule has 0 aromatic carbocycles. The van der Waals surface area contributed by atoms with Crippen molar-refractivity contribution in [3.05, 3.63) is 30.1 Å². The van der Waals surface area contributed by atoms with Gasteiger partial charge in [-0.05, 0) is 12.5 Å². The SMILES string of the molecule is CCc1cc(NC)nc(-c2ccc(OC)nc2)n1. The molecule has 2 heterocycles. The lowest BCUT2D eigenvalue weighted by Gasteiger charge is -2.07. The van der Waals surface area contributed by atoms with Gasteiger partial charge in [0.15, 0.2) is 5.82 Å². The Morgan fingerprint density at radius 2 is 2.11 bits per heavy atom. The molecule has 0 unspecified atom stereocenters. The first-order valence-corrected chi connectivity index (χ1v) is 5.83. The van der Waals surface area contributed by atoms with Crippen LogP contribution in [-0.4, -0.2) is 29.1 Å². The van der Waals surface area contributed by atoms with Gasteiger partial charge in [0.05, 0.1) is 7.11 Å². The second kappa shape index (κ2) is 5.44. The van der Waals surface area contributed by atoms with Crippen molar-refractivity contribution in [3.8, 4) is 17.3 Å². The predicted octanol–water partition coefficient (Wildman–Crippen LogP) is 2.15. The van der Waals surface area contributed by atoms with Crippen molar-refractivity contribution in [2.45, 2.75) is 13.3 Å². The van der Waals surface area contributed by atoms with Crippen molar-refractivity contribution >= 4 is 5.82 Å². The molecule has 2 aromatic heterocycles. The van der Waals surface area contributed by atoms with Crippen LogP contribution >= 0.6 is 0 Å². The number of methoxy groups -OCH3 is 1. The molecule has 0 amide bonds. The van der Waals surface area contributed by atoms with E-state index in [1.54, 1.807) is 19.4 Å². The molecule has 1 N–H and O–H groups in total. The summed E-state index contributed by atoms with van der Waals surface area (Å²) in [5, 5.41) is 3.04. The number of ether oxygens (including phenoxy) is 1. The van der Waals surface area contributed by atoms with Crippen LogP contribution in [0.15, 0.2) is 24.4 Å². The fraction of sp³-hybridized carbons (Fsp3) is 0.308. The smallest absolute Gasteiger partial charge is 0.212 e. The molecule has 94 valence electrons. The van der Waals surface area contributed by atoms with Crippen molar-refractivity contribution < 1.29 is 4.74 Å². The third-order valence-corrected chi connectivity index (χ3v) is 2.60. The first-order chi connectivity index (χ1) is 8.76. The fourth-order valence-electron chi connectivity index (χ4n) is 1.57. The van der Waals surface area contributed by atoms with Crippen LogP contribution in [0.4, 0.5) is 5.82 Å². The average Bonchev–Trinajstić information content (AvgIpc) is 2.46. The number of anilines is 1. The van der Waals surface area contributed by atoms with Crippen molar-refractivity contribution in [3.63, 3.8) is 0 Å². The Labute approximate surface area is 106 Å². The van der Waals surface area contributed by atoms with E-state index < -0.39 is 0 Å². The standard InChI is InChI=1S/C13H16N4O/c1-4-10-7-11(14-2)17-13(16-10)9-5-6-12(18-3)15-8-9/h5-8H,4H2,1-3H3,(H,14,16,17). The van der Waals surface area contributed by atoms with Crippen molar-refractivity contribution in [1.29, 1.82) is 0 Å². The zero-order valence-corrected chi connectivity index (χ0v) is 10.8. The Bertz CT molecular complexity index is 503. The highest BCUT2D eigenvalue weighted by atomic mass is 16.5. The van der Waals surface area contributed by atoms with Gasteiger partial charge < -0.3 is 10.1 Å². The number of hydrogen-bond donors (Lipinski definition) is 1. The maximum Gasteiger partial charge on any atom is 0.212 e. The minimum absolute atomic E-state index is 0.583. The molecule has 0 saturated carbocycles. The van der Waals surface area contributed by atoms with E-state index in [0.717, 1.165) is 23.5 Å². The molecule has 18 heavy (non-hydrogen) atoms. The van der Waals surface area contributed by atoms with E-state index in [1.807, 2.05) is 19.2 Å². The third-order valence-electron chi connectivity index (χ3n) is 2.60. The van der Waals surface area contributed by atoms with E-state index in [1.165, 1.54) is 0 Å². The summed E-state index contributed by atoms with van der Waals surface area (Å²) in [7, 11) is 3.44. The van der Waals surface area contributed by atoms with Crippen molar-refractivity contribution in [1.82, 2.24) is 15.0 Å². The molecular weight excluding hydrogens is 228 g/mol. The van der Waals surface area contributed by atoms with Gasteiger partial charge in [-0.1, -0.05) is 6.92 Å². The maximum absolute atomic E-state index is 5.03. The molecule has 0 bridgehead atoms. The minimum Gasteiger partial charge on any atom is -0.481 e. The van der Waals surface area contributed by atoms with Gasteiger partial charge >= 0.3 is 0 Å². The molecular formula is C13H16N4O. The van der Waals surface area contributed by atoms with Gasteiger partial charge in [0.1, 0.15) is 5.82 Å². The van der Waals surface area contributed by atoms with Crippen molar-refractivity contribution in [2.75, 3.05) is 19.5 Å². The van der Waals surface area contributed by atoms with Crippen LogP contribution in [0.25, 0.3) is 11.4 Å². The first-order valence-electron chi connectivity index (χ1n) is 5.83. The summed E-state index contributed by atoms with van der Waals surface area (Å²) in [6, 6.07) is 5.65. The quantitative estimate of drug-likeness (QED) is 0.893. The topological polar surface area (TPSA) is 59.9 Å². The second-order valence-electron chi connectivity index (χ2n) is 3.76. The van der Waals surface area contributed by atoms with Crippen LogP contribution in [0.5, 0.6) is 5.88 Å². The Morgan fingerprint density at radius 3 is 2.67 bits per heavy atom. The summed E-state index contributed by atoms with van der Waals surface area (Å²) >= 11 is 0. The van der Waals surface area contributed by atoms with Gasteiger partial charge in [-0.3, -0.25) is 0 Å². The molecule has 2 rings (SSSR count). The maximum atomic E-state index is 5.03. The number of aryl methyl sites for hydroxylation is 1. The zero-order valence-electron chi connectivity index (χ0n) is 10.8. The summed E-state index contributed by atoms with van der Waals surface area (Å²) in [4.78, 5) is 13.1. The van der Waals surface area contributed by atoms with Gasteiger partial charge in [0, 0.05) is 36.6 Å². The lowest BCUT2D eigenvalue weighted by Crippen LogP contribution is -2.00. The van der Waals surface area contributed by atoms with Crippen LogP contribution in [0, 0.1) is 0 Å². The molecule has 0 aliphatic heterocycles. The van der Waals surface area contributed by atoms with Gasteiger partial charge in [-0.25, -0.2) is 15.0 Å². The highest BCUT2D eigenvalue weighted by molar-refractivity contribution is 5.56. The lowest BCUT2D eigenvalue weighted by atomic mass is 10.2. The molecule has 0 atom stereocenters. The Balaban J connectivity index is 2.41. The molecule has 0 radical (unpaired) electrons. The summed E-state index contributed by atoms with van der Waals surface area (Å²) < 4.78 is 5.03. The molecule has 0 saturated heterocycles. The molecule has 5 nitrogen and oxygen atoms in total. The first kappa shape index (κ1) is 12.3. The van der Waals surface area contributed by atoms with Crippen molar-refractivity contribution in [2.24, 2.45) is 0 Å². The molecule has 0 fully saturated rings. The van der Waals surface area contributed by atoms with Gasteiger partial charge in [0.2, 0.25) is 5.88 Å². The number of rotatable bonds is 4. The summed E-state index contributed by atoms with van der Waals surface area (Å²) in [5.74, 6) is 2.07. The number of nitrogens with zero attached hydrogens (tertiary/aromatic N) is 3. The van der Waals surface area contributed by atoms with E-state index in [4.69, 9.17) is 4.74 Å². The minimum atomic E-state index is 0.583. The Hall–Kier alpha value is -2.17. The van der Waals surface area contributed by atoms with E-state index in [0.29, 0.717) is 11.7 Å². The van der Waals surface area contributed by atoms with Crippen LogP contribution in [-0.2, 0) is 6.42 Å². The van der Waals surface area contributed by atoms with Crippen LogP contribution in [0.1, 0.15) is 12.6 Å². The van der Waals surface area contributed by atoms with Gasteiger partial charge in [-0.15, -0.1) is 0 Å². The number of pyridine rings is 1. The van der Waals surface area contributed by atoms with Gasteiger partial charge in [0.25, 0.3) is 0 Å². The summed E-state index contributed by atoms with van der Waals surface area (Å²) in [6.07, 6.45) is 2.58. The molecule has 5 heteroatoms. The van der Waals surface area contributed by atoms with Gasteiger partial charge in [-0.2, -0.15) is 0 Å². The Kier molecular flexibility index (Phi) is 3.72.